The second-order valence-corrected chi connectivity index (χ2v) is 7.96. The number of thiol groups is 1. The van der Waals surface area contributed by atoms with Crippen molar-refractivity contribution in [2.75, 3.05) is 13.2 Å². The van der Waals surface area contributed by atoms with E-state index in [1.54, 1.807) is 13.0 Å². The molecule has 1 N–H and O–H groups in total. The quantitative estimate of drug-likeness (QED) is 0.576. The monoisotopic (exact) mass is 359 g/mol. The van der Waals surface area contributed by atoms with Gasteiger partial charge in [-0.05, 0) is 52.7 Å². The number of hydrogen-bond donors (Lipinski definition) is 2. The van der Waals surface area contributed by atoms with Gasteiger partial charge >= 0.3 is 12.1 Å². The topological polar surface area (TPSA) is 64.6 Å². The van der Waals surface area contributed by atoms with Gasteiger partial charge in [0.25, 0.3) is 0 Å². The summed E-state index contributed by atoms with van der Waals surface area (Å²) < 4.78 is 10.1. The average Bonchev–Trinajstić information content (AvgIpc) is 2.90. The molecule has 1 aromatic rings. The predicted molar refractivity (Wildman–Crippen MR) is 95.6 cm³/mol. The molecule has 1 atom stereocenters. The lowest BCUT2D eigenvalue weighted by molar-refractivity contribution is 0.0519. The molecule has 0 aliphatic heterocycles. The van der Waals surface area contributed by atoms with Crippen LogP contribution in [0.4, 0.5) is 4.79 Å². The van der Waals surface area contributed by atoms with Crippen LogP contribution in [0.5, 0.6) is 0 Å². The van der Waals surface area contributed by atoms with Crippen LogP contribution in [0.1, 0.15) is 48.7 Å². The van der Waals surface area contributed by atoms with E-state index in [0.29, 0.717) is 18.0 Å². The van der Waals surface area contributed by atoms with E-state index >= 15 is 0 Å². The molecule has 0 aliphatic rings. The minimum Gasteiger partial charge on any atom is -0.462 e. The van der Waals surface area contributed by atoms with Crippen LogP contribution in [-0.2, 0) is 15.9 Å². The van der Waals surface area contributed by atoms with Crippen LogP contribution in [0.3, 0.4) is 0 Å². The highest BCUT2D eigenvalue weighted by Gasteiger charge is 2.17. The van der Waals surface area contributed by atoms with Gasteiger partial charge in [-0.1, -0.05) is 0 Å². The van der Waals surface area contributed by atoms with Gasteiger partial charge in [-0.2, -0.15) is 12.6 Å². The largest absolute Gasteiger partial charge is 0.462 e. The highest BCUT2D eigenvalue weighted by molar-refractivity contribution is 7.81. The van der Waals surface area contributed by atoms with Crippen LogP contribution in [0.2, 0.25) is 0 Å². The number of esters is 1. The van der Waals surface area contributed by atoms with Crippen molar-refractivity contribution in [1.29, 1.82) is 0 Å². The molecule has 0 saturated carbocycles. The van der Waals surface area contributed by atoms with Crippen molar-refractivity contribution in [3.05, 3.63) is 21.9 Å². The number of thiophene rings is 1. The zero-order valence-electron chi connectivity index (χ0n) is 14.0. The van der Waals surface area contributed by atoms with Crippen molar-refractivity contribution in [2.45, 2.75) is 51.4 Å². The predicted octanol–water partition coefficient (Wildman–Crippen LogP) is 3.68. The van der Waals surface area contributed by atoms with Crippen molar-refractivity contribution in [2.24, 2.45) is 0 Å². The van der Waals surface area contributed by atoms with E-state index in [0.717, 1.165) is 17.7 Å². The number of hydrogen-bond acceptors (Lipinski definition) is 6. The number of carbonyl (C=O) groups is 2. The summed E-state index contributed by atoms with van der Waals surface area (Å²) in [5.74, 6) is -0.280. The number of nitrogens with one attached hydrogen (secondary N) is 1. The van der Waals surface area contributed by atoms with Crippen LogP contribution in [0, 0.1) is 0 Å². The van der Waals surface area contributed by atoms with Gasteiger partial charge < -0.3 is 14.8 Å². The van der Waals surface area contributed by atoms with E-state index in [9.17, 15) is 9.59 Å². The number of amides is 1. The fourth-order valence-corrected chi connectivity index (χ4v) is 2.89. The number of carbonyl (C=O) groups excluding carboxylic acids is 2. The second kappa shape index (κ2) is 9.17. The van der Waals surface area contributed by atoms with Crippen molar-refractivity contribution in [3.8, 4) is 0 Å². The molecule has 0 unspecified atom stereocenters. The highest BCUT2D eigenvalue weighted by atomic mass is 32.1. The number of ether oxygens (including phenoxy) is 2. The van der Waals surface area contributed by atoms with Crippen molar-refractivity contribution < 1.29 is 19.1 Å². The average molecular weight is 360 g/mol. The number of aryl methyl sites for hydroxylation is 1. The molecule has 0 spiro atoms. The van der Waals surface area contributed by atoms with Crippen molar-refractivity contribution >= 4 is 36.0 Å². The molecule has 0 saturated heterocycles. The first-order chi connectivity index (χ1) is 10.7. The molecule has 5 nitrogen and oxygen atoms in total. The van der Waals surface area contributed by atoms with Crippen LogP contribution in [0.15, 0.2) is 12.1 Å². The molecular weight excluding hydrogens is 334 g/mol. The summed E-state index contributed by atoms with van der Waals surface area (Å²) in [7, 11) is 0. The Hall–Kier alpha value is -1.21. The van der Waals surface area contributed by atoms with Gasteiger partial charge in [0.2, 0.25) is 0 Å². The minimum absolute atomic E-state index is 0.0238. The summed E-state index contributed by atoms with van der Waals surface area (Å²) in [6.07, 6.45) is 1.16. The summed E-state index contributed by atoms with van der Waals surface area (Å²) in [5.41, 5.74) is -0.503. The van der Waals surface area contributed by atoms with E-state index in [-0.39, 0.29) is 11.2 Å². The molecule has 130 valence electrons. The molecular formula is C16H25NO4S2. The van der Waals surface area contributed by atoms with Crippen LogP contribution in [0.25, 0.3) is 0 Å². The lowest BCUT2D eigenvalue weighted by Crippen LogP contribution is -2.35. The Morgan fingerprint density at radius 2 is 2.04 bits per heavy atom. The van der Waals surface area contributed by atoms with Gasteiger partial charge in [-0.25, -0.2) is 9.59 Å². The molecule has 1 aromatic heterocycles. The zero-order chi connectivity index (χ0) is 17.5. The Bertz CT molecular complexity index is 522. The molecule has 0 bridgehead atoms. The van der Waals surface area contributed by atoms with E-state index in [4.69, 9.17) is 9.47 Å². The van der Waals surface area contributed by atoms with Crippen LogP contribution < -0.4 is 5.32 Å². The smallest absolute Gasteiger partial charge is 0.407 e. The molecule has 1 heterocycles. The maximum atomic E-state index is 11.6. The molecule has 0 fully saturated rings. The maximum Gasteiger partial charge on any atom is 0.407 e. The summed E-state index contributed by atoms with van der Waals surface area (Å²) in [5, 5.41) is 2.73. The van der Waals surface area contributed by atoms with Gasteiger partial charge in [0, 0.05) is 16.7 Å². The van der Waals surface area contributed by atoms with Gasteiger partial charge in [0.05, 0.1) is 6.61 Å². The lowest BCUT2D eigenvalue weighted by Gasteiger charge is -2.20. The first-order valence-electron chi connectivity index (χ1n) is 7.62. The van der Waals surface area contributed by atoms with E-state index < -0.39 is 11.7 Å². The summed E-state index contributed by atoms with van der Waals surface area (Å²) >= 11 is 5.90. The molecule has 0 aromatic carbocycles. The fraction of sp³-hybridized carbons (Fsp3) is 0.625. The Kier molecular flexibility index (Phi) is 7.91. The number of rotatable bonds is 7. The van der Waals surface area contributed by atoms with E-state index in [1.165, 1.54) is 11.3 Å². The van der Waals surface area contributed by atoms with Gasteiger partial charge in [0.1, 0.15) is 10.5 Å². The Morgan fingerprint density at radius 1 is 1.35 bits per heavy atom. The normalized spacial score (nSPS) is 12.6. The Morgan fingerprint density at radius 3 is 2.65 bits per heavy atom. The number of alkyl carbamates (subject to hydrolysis) is 1. The van der Waals surface area contributed by atoms with Gasteiger partial charge in [-0.15, -0.1) is 11.3 Å². The third-order valence-corrected chi connectivity index (χ3v) is 4.31. The van der Waals surface area contributed by atoms with Crippen molar-refractivity contribution in [1.82, 2.24) is 5.32 Å². The van der Waals surface area contributed by atoms with E-state index in [1.807, 2.05) is 26.8 Å². The third kappa shape index (κ3) is 8.27. The first-order valence-corrected chi connectivity index (χ1v) is 8.95. The first kappa shape index (κ1) is 19.8. The Labute approximate surface area is 147 Å². The maximum absolute atomic E-state index is 11.6. The van der Waals surface area contributed by atoms with Crippen LogP contribution in [-0.4, -0.2) is 36.1 Å². The summed E-state index contributed by atoms with van der Waals surface area (Å²) in [6, 6.07) is 3.71. The van der Waals surface area contributed by atoms with Crippen molar-refractivity contribution in [3.63, 3.8) is 0 Å². The van der Waals surface area contributed by atoms with Gasteiger partial charge in [0.15, 0.2) is 0 Å². The molecule has 1 amide bonds. The highest BCUT2D eigenvalue weighted by Crippen LogP contribution is 2.20. The summed E-state index contributed by atoms with van der Waals surface area (Å²) in [6.45, 7) is 8.07. The second-order valence-electron chi connectivity index (χ2n) is 6.06. The van der Waals surface area contributed by atoms with E-state index in [2.05, 4.69) is 17.9 Å². The molecule has 1 rings (SSSR count). The zero-order valence-corrected chi connectivity index (χ0v) is 15.8. The fourth-order valence-electron chi connectivity index (χ4n) is 1.75. The SMILES string of the molecule is CCOC(=O)c1ccc(CC[C@H](S)CNC(=O)OC(C)(C)C)s1. The summed E-state index contributed by atoms with van der Waals surface area (Å²) in [4.78, 5) is 24.9. The standard InChI is InChI=1S/C16H25NO4S2/c1-5-20-14(18)13-9-8-12(23-13)7-6-11(22)10-17-15(19)21-16(2,3)4/h8-9,11,22H,5-7,10H2,1-4H3,(H,17,19)/t11-/m0/s1. The van der Waals surface area contributed by atoms with Gasteiger partial charge in [-0.3, -0.25) is 0 Å². The molecule has 0 aliphatic carbocycles. The van der Waals surface area contributed by atoms with Crippen LogP contribution >= 0.6 is 24.0 Å². The lowest BCUT2D eigenvalue weighted by atomic mass is 10.2. The molecule has 0 radical (unpaired) electrons. The molecule has 23 heavy (non-hydrogen) atoms. The molecule has 7 heteroatoms. The Balaban J connectivity index is 2.32. The minimum atomic E-state index is -0.503. The third-order valence-electron chi connectivity index (χ3n) is 2.74.